The maximum Gasteiger partial charge on any atom is 0.417 e. The number of halogens is 4. The van der Waals surface area contributed by atoms with Crippen LogP contribution in [0, 0.1) is 0 Å². The molecule has 2 aromatic rings. The predicted octanol–water partition coefficient (Wildman–Crippen LogP) is 4.31. The van der Waals surface area contributed by atoms with Crippen LogP contribution >= 0.6 is 11.6 Å². The third-order valence-corrected chi connectivity index (χ3v) is 3.57. The van der Waals surface area contributed by atoms with Gasteiger partial charge in [-0.3, -0.25) is 9.59 Å². The number of ether oxygens (including phenoxy) is 2. The first-order chi connectivity index (χ1) is 12.8. The van der Waals surface area contributed by atoms with Gasteiger partial charge in [-0.25, -0.2) is 0 Å². The zero-order valence-electron chi connectivity index (χ0n) is 13.9. The molecule has 5 nitrogen and oxygen atoms in total. The zero-order valence-corrected chi connectivity index (χ0v) is 14.6. The Bertz CT molecular complexity index is 797. The molecule has 0 aromatic heterocycles. The van der Waals surface area contributed by atoms with Gasteiger partial charge in [0.1, 0.15) is 5.75 Å². The minimum atomic E-state index is -4.65. The van der Waals surface area contributed by atoms with Crippen molar-refractivity contribution in [3.63, 3.8) is 0 Å². The summed E-state index contributed by atoms with van der Waals surface area (Å²) in [6.07, 6.45) is -4.73. The lowest BCUT2D eigenvalue weighted by atomic mass is 10.2. The number of anilines is 1. The second-order valence-corrected chi connectivity index (χ2v) is 5.72. The Kier molecular flexibility index (Phi) is 7.06. The molecule has 2 rings (SSSR count). The molecule has 9 heteroatoms. The molecule has 0 saturated heterocycles. The monoisotopic (exact) mass is 401 g/mol. The fraction of sp³-hybridized carbons (Fsp3) is 0.222. The maximum atomic E-state index is 12.8. The Hall–Kier alpha value is -2.74. The highest BCUT2D eigenvalue weighted by atomic mass is 35.5. The number of para-hydroxylation sites is 1. The predicted molar refractivity (Wildman–Crippen MR) is 92.6 cm³/mol. The Morgan fingerprint density at radius 1 is 1.07 bits per heavy atom. The molecule has 0 fully saturated rings. The average Bonchev–Trinajstić information content (AvgIpc) is 2.61. The third-order valence-electron chi connectivity index (χ3n) is 3.24. The summed E-state index contributed by atoms with van der Waals surface area (Å²) in [6.45, 7) is -0.565. The smallest absolute Gasteiger partial charge is 0.417 e. The average molecular weight is 402 g/mol. The fourth-order valence-corrected chi connectivity index (χ4v) is 2.23. The van der Waals surface area contributed by atoms with Crippen LogP contribution in [0.1, 0.15) is 12.0 Å². The Labute approximate surface area is 158 Å². The molecule has 0 aliphatic carbocycles. The quantitative estimate of drug-likeness (QED) is 0.702. The van der Waals surface area contributed by atoms with Gasteiger partial charge in [-0.2, -0.15) is 13.2 Å². The van der Waals surface area contributed by atoms with Crippen LogP contribution in [-0.2, 0) is 20.5 Å². The van der Waals surface area contributed by atoms with Crippen molar-refractivity contribution in [2.45, 2.75) is 12.6 Å². The number of amides is 1. The number of hydrogen-bond donors (Lipinski definition) is 1. The summed E-state index contributed by atoms with van der Waals surface area (Å²) in [5.41, 5.74) is -1.18. The molecule has 0 aliphatic heterocycles. The second-order valence-electron chi connectivity index (χ2n) is 5.31. The Morgan fingerprint density at radius 2 is 1.78 bits per heavy atom. The summed E-state index contributed by atoms with van der Waals surface area (Å²) in [4.78, 5) is 23.3. The summed E-state index contributed by atoms with van der Waals surface area (Å²) in [6, 6.07) is 11.8. The number of rotatable bonds is 7. The summed E-state index contributed by atoms with van der Waals surface area (Å²) < 4.78 is 48.4. The lowest BCUT2D eigenvalue weighted by molar-refractivity contribution is -0.147. The van der Waals surface area contributed by atoms with E-state index in [1.54, 1.807) is 24.3 Å². The molecule has 0 atom stereocenters. The van der Waals surface area contributed by atoms with E-state index in [-0.39, 0.29) is 18.7 Å². The van der Waals surface area contributed by atoms with Crippen molar-refractivity contribution < 1.29 is 32.2 Å². The van der Waals surface area contributed by atoms with Gasteiger partial charge < -0.3 is 14.8 Å². The van der Waals surface area contributed by atoms with E-state index in [0.29, 0.717) is 11.8 Å². The largest absolute Gasteiger partial charge is 0.493 e. The molecule has 1 amide bonds. The van der Waals surface area contributed by atoms with E-state index in [0.717, 1.165) is 6.07 Å². The van der Waals surface area contributed by atoms with Gasteiger partial charge in [0.2, 0.25) is 0 Å². The van der Waals surface area contributed by atoms with E-state index in [2.05, 4.69) is 5.32 Å². The van der Waals surface area contributed by atoms with Gasteiger partial charge in [0, 0.05) is 5.69 Å². The van der Waals surface area contributed by atoms with Gasteiger partial charge in [-0.15, -0.1) is 0 Å². The van der Waals surface area contributed by atoms with E-state index in [4.69, 9.17) is 21.1 Å². The molecule has 27 heavy (non-hydrogen) atoms. The molecule has 0 heterocycles. The van der Waals surface area contributed by atoms with Crippen LogP contribution in [0.5, 0.6) is 5.75 Å². The first-order valence-corrected chi connectivity index (χ1v) is 8.13. The number of alkyl halides is 3. The van der Waals surface area contributed by atoms with Crippen LogP contribution in [0.15, 0.2) is 48.5 Å². The molecule has 0 aliphatic rings. The standard InChI is InChI=1S/C18H15ClF3NO4/c19-15-7-6-12(10-14(15)18(20,21)22)23-16(24)11-27-17(25)8-9-26-13-4-2-1-3-5-13/h1-7,10H,8-9,11H2,(H,23,24). The highest BCUT2D eigenvalue weighted by Gasteiger charge is 2.33. The van der Waals surface area contributed by atoms with Crippen LogP contribution in [0.3, 0.4) is 0 Å². The van der Waals surface area contributed by atoms with Crippen LogP contribution < -0.4 is 10.1 Å². The minimum absolute atomic E-state index is 0.0661. The van der Waals surface area contributed by atoms with Crippen molar-refractivity contribution in [3.8, 4) is 5.75 Å². The number of hydrogen-bond acceptors (Lipinski definition) is 4. The second kappa shape index (κ2) is 9.27. The van der Waals surface area contributed by atoms with E-state index in [1.165, 1.54) is 6.07 Å². The summed E-state index contributed by atoms with van der Waals surface area (Å²) in [7, 11) is 0. The van der Waals surface area contributed by atoms with Crippen molar-refractivity contribution in [1.29, 1.82) is 0 Å². The van der Waals surface area contributed by atoms with Crippen molar-refractivity contribution in [2.75, 3.05) is 18.5 Å². The van der Waals surface area contributed by atoms with E-state index < -0.39 is 35.2 Å². The van der Waals surface area contributed by atoms with Gasteiger partial charge in [0.15, 0.2) is 6.61 Å². The molecule has 2 aromatic carbocycles. The first kappa shape index (κ1) is 20.6. The summed E-state index contributed by atoms with van der Waals surface area (Å²) >= 11 is 5.50. The highest BCUT2D eigenvalue weighted by molar-refractivity contribution is 6.31. The van der Waals surface area contributed by atoms with Gasteiger partial charge >= 0.3 is 12.1 Å². The summed E-state index contributed by atoms with van der Waals surface area (Å²) in [5, 5.41) is 1.73. The third kappa shape index (κ3) is 6.82. The normalized spacial score (nSPS) is 11.0. The topological polar surface area (TPSA) is 64.6 Å². The molecular weight excluding hydrogens is 387 g/mol. The molecule has 0 radical (unpaired) electrons. The van der Waals surface area contributed by atoms with Gasteiger partial charge in [0.25, 0.3) is 5.91 Å². The van der Waals surface area contributed by atoms with E-state index in [1.807, 2.05) is 6.07 Å². The van der Waals surface area contributed by atoms with Crippen LogP contribution in [0.4, 0.5) is 18.9 Å². The fourth-order valence-electron chi connectivity index (χ4n) is 2.00. The highest BCUT2D eigenvalue weighted by Crippen LogP contribution is 2.36. The lowest BCUT2D eigenvalue weighted by Crippen LogP contribution is -2.22. The number of nitrogens with one attached hydrogen (secondary N) is 1. The molecule has 0 spiro atoms. The SMILES string of the molecule is O=C(COC(=O)CCOc1ccccc1)Nc1ccc(Cl)c(C(F)(F)F)c1. The van der Waals surface area contributed by atoms with Gasteiger partial charge in [-0.05, 0) is 30.3 Å². The molecule has 144 valence electrons. The van der Waals surface area contributed by atoms with Crippen molar-refractivity contribution in [2.24, 2.45) is 0 Å². The molecule has 0 bridgehead atoms. The first-order valence-electron chi connectivity index (χ1n) is 7.76. The van der Waals surface area contributed by atoms with Crippen molar-refractivity contribution in [1.82, 2.24) is 0 Å². The van der Waals surface area contributed by atoms with Gasteiger partial charge in [0.05, 0.1) is 23.6 Å². The molecule has 1 N–H and O–H groups in total. The van der Waals surface area contributed by atoms with Crippen LogP contribution in [0.25, 0.3) is 0 Å². The number of benzene rings is 2. The van der Waals surface area contributed by atoms with E-state index in [9.17, 15) is 22.8 Å². The number of esters is 1. The summed E-state index contributed by atoms with van der Waals surface area (Å²) in [5.74, 6) is -0.859. The number of carbonyl (C=O) groups is 2. The zero-order chi connectivity index (χ0) is 19.9. The van der Waals surface area contributed by atoms with Gasteiger partial charge in [-0.1, -0.05) is 29.8 Å². The maximum absolute atomic E-state index is 12.8. The Morgan fingerprint density at radius 3 is 2.44 bits per heavy atom. The van der Waals surface area contributed by atoms with Crippen molar-refractivity contribution in [3.05, 3.63) is 59.1 Å². The van der Waals surface area contributed by atoms with Crippen molar-refractivity contribution >= 4 is 29.2 Å². The number of carbonyl (C=O) groups excluding carboxylic acids is 2. The Balaban J connectivity index is 1.76. The van der Waals surface area contributed by atoms with Crippen LogP contribution in [-0.4, -0.2) is 25.1 Å². The van der Waals surface area contributed by atoms with E-state index >= 15 is 0 Å². The molecule has 0 saturated carbocycles. The molecular formula is C18H15ClF3NO4. The minimum Gasteiger partial charge on any atom is -0.493 e. The molecule has 0 unspecified atom stereocenters. The van der Waals surface area contributed by atoms with Crippen LogP contribution in [0.2, 0.25) is 5.02 Å². The lowest BCUT2D eigenvalue weighted by Gasteiger charge is -2.12.